The van der Waals surface area contributed by atoms with E-state index in [4.69, 9.17) is 14.2 Å². The molecule has 282 valence electrons. The number of aryl methyl sites for hydroxylation is 1. The molecule has 3 N–H and O–H groups in total. The van der Waals surface area contributed by atoms with Crippen LogP contribution in [0.2, 0.25) is 0 Å². The smallest absolute Gasteiger partial charge is 0.274 e. The van der Waals surface area contributed by atoms with Gasteiger partial charge < -0.3 is 24.8 Å². The van der Waals surface area contributed by atoms with Gasteiger partial charge in [-0.25, -0.2) is 13.4 Å². The Labute approximate surface area is 311 Å². The Bertz CT molecular complexity index is 2290. The average molecular weight is 756 g/mol. The number of ether oxygens (including phenoxy) is 1. The Kier molecular flexibility index (Phi) is 9.32. The Morgan fingerprint density at radius 2 is 1.83 bits per heavy atom. The summed E-state index contributed by atoms with van der Waals surface area (Å²) in [6.07, 6.45) is 9.05. The highest BCUT2D eigenvalue weighted by Gasteiger charge is 2.62. The van der Waals surface area contributed by atoms with Gasteiger partial charge in [0.25, 0.3) is 11.8 Å². The van der Waals surface area contributed by atoms with E-state index in [-0.39, 0.29) is 31.0 Å². The summed E-state index contributed by atoms with van der Waals surface area (Å²) in [5.74, 6) is -2.22. The molecule has 0 bridgehead atoms. The van der Waals surface area contributed by atoms with Gasteiger partial charge in [-0.2, -0.15) is 4.98 Å². The van der Waals surface area contributed by atoms with Crippen LogP contribution in [0, 0.1) is 12.8 Å². The fourth-order valence-electron chi connectivity index (χ4n) is 7.56. The number of nitrogens with zero attached hydrogens (tertiary/aromatic N) is 4. The third-order valence-electron chi connectivity index (χ3n) is 10.7. The number of allylic oxidation sites excluding steroid dienone is 1. The second-order valence-electron chi connectivity index (χ2n) is 14.7. The van der Waals surface area contributed by atoms with Crippen molar-refractivity contribution in [3.63, 3.8) is 0 Å². The van der Waals surface area contributed by atoms with Crippen LogP contribution in [0.25, 0.3) is 21.8 Å². The molecule has 16 heteroatoms. The number of sulfonamides is 1. The molecular weight excluding hydrogens is 715 g/mol. The van der Waals surface area contributed by atoms with E-state index in [2.05, 4.69) is 25.5 Å². The lowest BCUT2D eigenvalue weighted by Crippen LogP contribution is -2.58. The van der Waals surface area contributed by atoms with Crippen LogP contribution in [-0.4, -0.2) is 87.6 Å². The first kappa shape index (κ1) is 35.6. The topological polar surface area (TPSA) is 203 Å². The van der Waals surface area contributed by atoms with Crippen molar-refractivity contribution in [3.05, 3.63) is 72.3 Å². The minimum atomic E-state index is -3.90. The van der Waals surface area contributed by atoms with Gasteiger partial charge in [-0.1, -0.05) is 48.3 Å². The molecule has 4 aromatic rings. The first-order chi connectivity index (χ1) is 26.0. The minimum absolute atomic E-state index is 0.0231. The van der Waals surface area contributed by atoms with E-state index in [1.54, 1.807) is 13.1 Å². The van der Waals surface area contributed by atoms with E-state index in [0.717, 1.165) is 29.0 Å². The predicted molar refractivity (Wildman–Crippen MR) is 195 cm³/mol. The zero-order chi connectivity index (χ0) is 37.6. The maximum atomic E-state index is 14.6. The normalized spacial score (nSPS) is 26.9. The van der Waals surface area contributed by atoms with Crippen LogP contribution < -0.4 is 20.1 Å². The first-order valence-corrected chi connectivity index (χ1v) is 20.0. The summed E-state index contributed by atoms with van der Waals surface area (Å²) in [6, 6.07) is 10.7. The predicted octanol–water partition coefficient (Wildman–Crippen LogP) is 3.23. The molecule has 15 nitrogen and oxygen atoms in total. The second kappa shape index (κ2) is 14.1. The lowest BCUT2D eigenvalue weighted by atomic mass is 10.0. The third kappa shape index (κ3) is 7.01. The van der Waals surface area contributed by atoms with Gasteiger partial charge in [-0.05, 0) is 69.0 Å². The summed E-state index contributed by atoms with van der Waals surface area (Å²) in [5, 5.41) is 11.3. The Morgan fingerprint density at radius 1 is 1.04 bits per heavy atom. The molecule has 3 fully saturated rings. The van der Waals surface area contributed by atoms with Gasteiger partial charge in [-0.15, -0.1) is 0 Å². The van der Waals surface area contributed by atoms with E-state index in [0.29, 0.717) is 43.5 Å². The number of nitrogens with one attached hydrogen (secondary N) is 3. The van der Waals surface area contributed by atoms with Gasteiger partial charge in [0.2, 0.25) is 27.7 Å². The summed E-state index contributed by atoms with van der Waals surface area (Å²) in [7, 11) is -3.90. The fraction of sp³-hybridized carbons (Fsp3) is 0.447. The zero-order valence-electron chi connectivity index (χ0n) is 29.7. The molecule has 5 atom stereocenters. The summed E-state index contributed by atoms with van der Waals surface area (Å²) >= 11 is 0. The highest BCUT2D eigenvalue weighted by atomic mass is 32.2. The summed E-state index contributed by atoms with van der Waals surface area (Å²) in [4.78, 5) is 66.6. The number of aromatic nitrogens is 3. The summed E-state index contributed by atoms with van der Waals surface area (Å²) < 4.78 is 39.5. The van der Waals surface area contributed by atoms with E-state index < -0.39 is 68.5 Å². The molecule has 2 saturated carbocycles. The van der Waals surface area contributed by atoms with Crippen LogP contribution in [-0.2, 0) is 24.4 Å². The number of hydrogen-bond donors (Lipinski definition) is 3. The van der Waals surface area contributed by atoms with Crippen molar-refractivity contribution in [1.82, 2.24) is 35.4 Å². The van der Waals surface area contributed by atoms with Crippen LogP contribution in [0.1, 0.15) is 74.0 Å². The summed E-state index contributed by atoms with van der Waals surface area (Å²) in [5.41, 5.74) is -1.01. The average Bonchev–Trinajstić information content (AvgIpc) is 4.05. The Balaban J connectivity index is 1.12. The van der Waals surface area contributed by atoms with E-state index >= 15 is 0 Å². The fourth-order valence-corrected chi connectivity index (χ4v) is 8.92. The minimum Gasteiger partial charge on any atom is -0.472 e. The van der Waals surface area contributed by atoms with Gasteiger partial charge in [0.15, 0.2) is 11.3 Å². The Morgan fingerprint density at radius 3 is 2.61 bits per heavy atom. The third-order valence-corrected chi connectivity index (χ3v) is 12.5. The Hall–Kier alpha value is -5.38. The number of fused-ring (bicyclic) bond motifs is 5. The lowest BCUT2D eigenvalue weighted by Gasteiger charge is -2.29. The van der Waals surface area contributed by atoms with Crippen molar-refractivity contribution in [3.8, 4) is 5.88 Å². The van der Waals surface area contributed by atoms with Crippen LogP contribution in [0.3, 0.4) is 0 Å². The van der Waals surface area contributed by atoms with Crippen LogP contribution in [0.15, 0.2) is 65.3 Å². The van der Waals surface area contributed by atoms with Gasteiger partial charge >= 0.3 is 0 Å². The summed E-state index contributed by atoms with van der Waals surface area (Å²) in [6.45, 7) is 1.63. The number of carbonyl (C=O) groups is 4. The van der Waals surface area contributed by atoms with Gasteiger partial charge in [-0.3, -0.25) is 23.9 Å². The lowest BCUT2D eigenvalue weighted by molar-refractivity contribution is -0.141. The first-order valence-electron chi connectivity index (χ1n) is 18.4. The number of amides is 4. The van der Waals surface area contributed by atoms with Gasteiger partial charge in [0.1, 0.15) is 29.5 Å². The van der Waals surface area contributed by atoms with E-state index in [9.17, 15) is 27.6 Å². The molecule has 2 aliphatic heterocycles. The molecule has 1 aromatic carbocycles. The second-order valence-corrected chi connectivity index (χ2v) is 16.6. The van der Waals surface area contributed by atoms with Crippen LogP contribution in [0.5, 0.6) is 5.88 Å². The highest BCUT2D eigenvalue weighted by molar-refractivity contribution is 7.91. The molecule has 4 amide bonds. The molecule has 8 rings (SSSR count). The SMILES string of the molecule is Cc1cc(C(=O)N[C@H]2CCCCC/C=C\C3C[C@@]3(C(=O)NS(=O)(=O)C3CC3)NC(=O)[C@@H]3C[C@@H](Oc4nc5ncccc5c5ccccc45)CN3C2=O)no1. The molecule has 3 aromatic heterocycles. The maximum absolute atomic E-state index is 14.6. The quantitative estimate of drug-likeness (QED) is 0.185. The van der Waals surface area contributed by atoms with Crippen molar-refractivity contribution < 1.29 is 36.9 Å². The molecule has 1 saturated heterocycles. The molecule has 1 unspecified atom stereocenters. The van der Waals surface area contributed by atoms with Crippen molar-refractivity contribution in [1.29, 1.82) is 0 Å². The molecular formula is C38H41N7O8S. The van der Waals surface area contributed by atoms with Gasteiger partial charge in [0, 0.05) is 35.4 Å². The van der Waals surface area contributed by atoms with E-state index in [1.165, 1.54) is 11.0 Å². The number of carbonyl (C=O) groups excluding carboxylic acids is 4. The maximum Gasteiger partial charge on any atom is 0.274 e. The largest absolute Gasteiger partial charge is 0.472 e. The molecule has 4 aliphatic rings. The molecule has 2 aliphatic carbocycles. The highest BCUT2D eigenvalue weighted by Crippen LogP contribution is 2.46. The van der Waals surface area contributed by atoms with Gasteiger partial charge in [0.05, 0.1) is 11.8 Å². The van der Waals surface area contributed by atoms with Crippen molar-refractivity contribution in [2.75, 3.05) is 6.54 Å². The number of benzene rings is 1. The molecule has 5 heterocycles. The van der Waals surface area contributed by atoms with Crippen LogP contribution >= 0.6 is 0 Å². The standard InChI is InChI=1S/C38H41N7O8S/c1-22-18-30(43-53-22)33(46)40-29-14-6-4-2-3-5-10-23-20-38(23,37(49)44-54(50,51)25-15-16-25)42-34(47)31-19-24(21-45(31)36(29)48)52-35-28-12-8-7-11-26(28)27-13-9-17-39-32(27)41-35/h5,7-13,17-18,23-25,29,31H,2-4,6,14-16,19-21H2,1H3,(H,40,46)(H,42,47)(H,44,49)/b10-5-/t23?,24-,29+,31+,38-/m1/s1. The van der Waals surface area contributed by atoms with Crippen molar-refractivity contribution in [2.45, 2.75) is 93.7 Å². The monoisotopic (exact) mass is 755 g/mol. The number of pyridine rings is 2. The number of rotatable bonds is 7. The molecule has 0 radical (unpaired) electrons. The van der Waals surface area contributed by atoms with Crippen molar-refractivity contribution >= 4 is 55.5 Å². The molecule has 0 spiro atoms. The molecule has 54 heavy (non-hydrogen) atoms. The zero-order valence-corrected chi connectivity index (χ0v) is 30.5. The number of hydrogen-bond acceptors (Lipinski definition) is 11. The van der Waals surface area contributed by atoms with Crippen LogP contribution in [0.4, 0.5) is 0 Å². The van der Waals surface area contributed by atoms with E-state index in [1.807, 2.05) is 48.6 Å². The van der Waals surface area contributed by atoms with Crippen molar-refractivity contribution in [2.24, 2.45) is 5.92 Å².